The molecule has 6 heteroatoms. The SMILES string of the molecule is CCOc1ncc(C(=O)SC)c(N)n1. The van der Waals surface area contributed by atoms with Crippen molar-refractivity contribution in [2.75, 3.05) is 18.6 Å². The lowest BCUT2D eigenvalue weighted by Gasteiger charge is -2.04. The van der Waals surface area contributed by atoms with E-state index in [1.807, 2.05) is 6.92 Å². The molecule has 0 aliphatic heterocycles. The third kappa shape index (κ3) is 2.35. The zero-order valence-electron chi connectivity index (χ0n) is 7.98. The Morgan fingerprint density at radius 1 is 1.71 bits per heavy atom. The van der Waals surface area contributed by atoms with Crippen molar-refractivity contribution in [3.63, 3.8) is 0 Å². The predicted octanol–water partition coefficient (Wildman–Crippen LogP) is 0.961. The molecule has 0 radical (unpaired) electrons. The van der Waals surface area contributed by atoms with Crippen molar-refractivity contribution in [2.24, 2.45) is 0 Å². The van der Waals surface area contributed by atoms with Crippen LogP contribution in [0.2, 0.25) is 0 Å². The molecule has 76 valence electrons. The fourth-order valence-corrected chi connectivity index (χ4v) is 1.22. The normalized spacial score (nSPS) is 9.86. The first-order valence-corrected chi connectivity index (χ1v) is 5.25. The van der Waals surface area contributed by atoms with Gasteiger partial charge in [-0.2, -0.15) is 4.98 Å². The van der Waals surface area contributed by atoms with Crippen LogP contribution in [-0.4, -0.2) is 27.9 Å². The largest absolute Gasteiger partial charge is 0.464 e. The summed E-state index contributed by atoms with van der Waals surface area (Å²) in [4.78, 5) is 19.0. The minimum Gasteiger partial charge on any atom is -0.464 e. The molecule has 0 aromatic carbocycles. The van der Waals surface area contributed by atoms with E-state index in [4.69, 9.17) is 10.5 Å². The van der Waals surface area contributed by atoms with E-state index in [0.717, 1.165) is 11.8 Å². The van der Waals surface area contributed by atoms with E-state index in [1.54, 1.807) is 6.26 Å². The second kappa shape index (κ2) is 4.80. The molecule has 0 aliphatic carbocycles. The highest BCUT2D eigenvalue weighted by molar-refractivity contribution is 8.13. The minimum atomic E-state index is -0.148. The van der Waals surface area contributed by atoms with Crippen molar-refractivity contribution < 1.29 is 9.53 Å². The Hall–Kier alpha value is -1.30. The second-order valence-electron chi connectivity index (χ2n) is 2.38. The molecule has 2 N–H and O–H groups in total. The average Bonchev–Trinajstić information content (AvgIpc) is 2.17. The molecule has 0 saturated carbocycles. The van der Waals surface area contributed by atoms with Crippen LogP contribution in [0.1, 0.15) is 17.3 Å². The van der Waals surface area contributed by atoms with Gasteiger partial charge in [-0.25, -0.2) is 4.98 Å². The summed E-state index contributed by atoms with van der Waals surface area (Å²) >= 11 is 1.07. The van der Waals surface area contributed by atoms with Gasteiger partial charge in [-0.3, -0.25) is 4.79 Å². The van der Waals surface area contributed by atoms with Gasteiger partial charge in [0.15, 0.2) is 0 Å². The van der Waals surface area contributed by atoms with E-state index in [2.05, 4.69) is 9.97 Å². The molecular weight excluding hydrogens is 202 g/mol. The second-order valence-corrected chi connectivity index (χ2v) is 3.16. The van der Waals surface area contributed by atoms with Gasteiger partial charge in [0.25, 0.3) is 0 Å². The number of nitrogens with two attached hydrogens (primary N) is 1. The molecule has 1 aromatic heterocycles. The predicted molar refractivity (Wildman–Crippen MR) is 55.5 cm³/mol. The molecule has 0 fully saturated rings. The van der Waals surface area contributed by atoms with Gasteiger partial charge in [0, 0.05) is 6.20 Å². The summed E-state index contributed by atoms with van der Waals surface area (Å²) in [6.07, 6.45) is 3.06. The van der Waals surface area contributed by atoms with E-state index in [1.165, 1.54) is 6.20 Å². The van der Waals surface area contributed by atoms with Crippen LogP contribution in [0.5, 0.6) is 6.01 Å². The zero-order chi connectivity index (χ0) is 10.6. The highest BCUT2D eigenvalue weighted by Crippen LogP contribution is 2.16. The Labute approximate surface area is 86.1 Å². The van der Waals surface area contributed by atoms with E-state index < -0.39 is 0 Å². The maximum atomic E-state index is 11.3. The molecule has 1 heterocycles. The van der Waals surface area contributed by atoms with Gasteiger partial charge in [-0.15, -0.1) is 0 Å². The van der Waals surface area contributed by atoms with Gasteiger partial charge < -0.3 is 10.5 Å². The van der Waals surface area contributed by atoms with Crippen LogP contribution in [-0.2, 0) is 0 Å². The topological polar surface area (TPSA) is 78.1 Å². The molecule has 0 saturated heterocycles. The minimum absolute atomic E-state index is 0.148. The standard InChI is InChI=1S/C8H11N3O2S/c1-3-13-8-10-4-5(6(9)11-8)7(12)14-2/h4H,3H2,1-2H3,(H2,9,10,11). The van der Waals surface area contributed by atoms with Crippen molar-refractivity contribution in [3.8, 4) is 6.01 Å². The third-order valence-corrected chi connectivity index (χ3v) is 2.07. The van der Waals surface area contributed by atoms with Gasteiger partial charge in [-0.05, 0) is 13.2 Å². The molecule has 0 atom stereocenters. The molecule has 5 nitrogen and oxygen atoms in total. The van der Waals surface area contributed by atoms with E-state index in [-0.39, 0.29) is 16.9 Å². The van der Waals surface area contributed by atoms with Crippen molar-refractivity contribution in [2.45, 2.75) is 6.92 Å². The lowest BCUT2D eigenvalue weighted by Crippen LogP contribution is -2.06. The van der Waals surface area contributed by atoms with E-state index in [0.29, 0.717) is 12.2 Å². The summed E-state index contributed by atoms with van der Waals surface area (Å²) in [7, 11) is 0. The summed E-state index contributed by atoms with van der Waals surface area (Å²) in [5, 5.41) is -0.148. The number of nitrogens with zero attached hydrogens (tertiary/aromatic N) is 2. The lowest BCUT2D eigenvalue weighted by atomic mass is 10.3. The van der Waals surface area contributed by atoms with E-state index >= 15 is 0 Å². The number of carbonyl (C=O) groups excluding carboxylic acids is 1. The Morgan fingerprint density at radius 2 is 2.43 bits per heavy atom. The maximum Gasteiger partial charge on any atom is 0.318 e. The summed E-state index contributed by atoms with van der Waals surface area (Å²) in [6.45, 7) is 2.29. The van der Waals surface area contributed by atoms with Crippen LogP contribution in [0.25, 0.3) is 0 Å². The smallest absolute Gasteiger partial charge is 0.318 e. The lowest BCUT2D eigenvalue weighted by molar-refractivity contribution is 0.108. The van der Waals surface area contributed by atoms with E-state index in [9.17, 15) is 4.79 Å². The van der Waals surface area contributed by atoms with Crippen LogP contribution in [0, 0.1) is 0 Å². The molecule has 0 unspecified atom stereocenters. The van der Waals surface area contributed by atoms with Crippen molar-refractivity contribution in [1.82, 2.24) is 9.97 Å². The number of anilines is 1. The summed E-state index contributed by atoms with van der Waals surface area (Å²) in [5.41, 5.74) is 5.88. The fraction of sp³-hybridized carbons (Fsp3) is 0.375. The highest BCUT2D eigenvalue weighted by atomic mass is 32.2. The molecular formula is C8H11N3O2S. The Kier molecular flexibility index (Phi) is 3.70. The first-order valence-electron chi connectivity index (χ1n) is 4.02. The number of thioether (sulfide) groups is 1. The zero-order valence-corrected chi connectivity index (χ0v) is 8.80. The summed E-state index contributed by atoms with van der Waals surface area (Å²) in [6, 6.07) is 0.197. The van der Waals surface area contributed by atoms with Crippen molar-refractivity contribution in [3.05, 3.63) is 11.8 Å². The molecule has 0 spiro atoms. The van der Waals surface area contributed by atoms with Crippen LogP contribution >= 0.6 is 11.8 Å². The number of carbonyl (C=O) groups is 1. The molecule has 0 bridgehead atoms. The number of ether oxygens (including phenoxy) is 1. The first-order chi connectivity index (χ1) is 6.69. The van der Waals surface area contributed by atoms with Gasteiger partial charge in [0.1, 0.15) is 5.82 Å². The third-order valence-electron chi connectivity index (χ3n) is 1.47. The first kappa shape index (κ1) is 10.8. The van der Waals surface area contributed by atoms with Gasteiger partial charge in [0.2, 0.25) is 5.12 Å². The van der Waals surface area contributed by atoms with Crippen LogP contribution in [0.3, 0.4) is 0 Å². The highest BCUT2D eigenvalue weighted by Gasteiger charge is 2.11. The maximum absolute atomic E-state index is 11.3. The van der Waals surface area contributed by atoms with Crippen LogP contribution in [0.4, 0.5) is 5.82 Å². The number of hydrogen-bond donors (Lipinski definition) is 1. The summed E-state index contributed by atoms with van der Waals surface area (Å²) < 4.78 is 5.03. The van der Waals surface area contributed by atoms with Gasteiger partial charge in [-0.1, -0.05) is 11.8 Å². The Bertz CT molecular complexity index is 343. The number of nitrogen functional groups attached to an aromatic ring is 1. The average molecular weight is 213 g/mol. The monoisotopic (exact) mass is 213 g/mol. The fourth-order valence-electron chi connectivity index (χ4n) is 0.844. The molecule has 1 rings (SSSR count). The Morgan fingerprint density at radius 3 is 2.93 bits per heavy atom. The van der Waals surface area contributed by atoms with Crippen LogP contribution in [0.15, 0.2) is 6.20 Å². The molecule has 0 aliphatic rings. The number of aromatic nitrogens is 2. The van der Waals surface area contributed by atoms with Gasteiger partial charge in [0.05, 0.1) is 12.2 Å². The van der Waals surface area contributed by atoms with Crippen molar-refractivity contribution >= 4 is 22.7 Å². The van der Waals surface area contributed by atoms with Gasteiger partial charge >= 0.3 is 6.01 Å². The molecule has 14 heavy (non-hydrogen) atoms. The Balaban J connectivity index is 2.95. The molecule has 0 amide bonds. The van der Waals surface area contributed by atoms with Crippen molar-refractivity contribution in [1.29, 1.82) is 0 Å². The van der Waals surface area contributed by atoms with Crippen LogP contribution < -0.4 is 10.5 Å². The summed E-state index contributed by atoms with van der Waals surface area (Å²) in [5.74, 6) is 0.155. The quantitative estimate of drug-likeness (QED) is 0.805. The number of rotatable bonds is 3. The number of hydrogen-bond acceptors (Lipinski definition) is 6. The molecule has 1 aromatic rings.